The maximum Gasteiger partial charge on any atom is 0.278 e. The van der Waals surface area contributed by atoms with Crippen molar-refractivity contribution in [3.63, 3.8) is 0 Å². The first-order valence-corrected chi connectivity index (χ1v) is 7.55. The van der Waals surface area contributed by atoms with Crippen LogP contribution in [0.15, 0.2) is 28.8 Å². The fourth-order valence-electron chi connectivity index (χ4n) is 2.82. The molecule has 1 aliphatic rings. The highest BCUT2D eigenvalue weighted by molar-refractivity contribution is 6.04. The van der Waals surface area contributed by atoms with Crippen molar-refractivity contribution in [1.82, 2.24) is 5.16 Å². The van der Waals surface area contributed by atoms with Gasteiger partial charge in [-0.3, -0.25) is 4.79 Å². The molecule has 0 aliphatic heterocycles. The Labute approximate surface area is 124 Å². The number of fused-ring (bicyclic) bond motifs is 1. The maximum atomic E-state index is 12.4. The van der Waals surface area contributed by atoms with Gasteiger partial charge in [-0.1, -0.05) is 31.1 Å². The summed E-state index contributed by atoms with van der Waals surface area (Å²) in [5.74, 6) is 1.27. The van der Waals surface area contributed by atoms with Crippen molar-refractivity contribution in [1.29, 1.82) is 0 Å². The van der Waals surface area contributed by atoms with Crippen molar-refractivity contribution < 1.29 is 9.32 Å². The summed E-state index contributed by atoms with van der Waals surface area (Å²) in [6.07, 6.45) is 3.79. The summed E-state index contributed by atoms with van der Waals surface area (Å²) in [7, 11) is 0. The van der Waals surface area contributed by atoms with E-state index in [1.165, 1.54) is 5.56 Å². The van der Waals surface area contributed by atoms with Crippen molar-refractivity contribution in [2.24, 2.45) is 5.92 Å². The zero-order chi connectivity index (χ0) is 14.8. The zero-order valence-corrected chi connectivity index (χ0v) is 12.5. The Morgan fingerprint density at radius 3 is 3.14 bits per heavy atom. The lowest BCUT2D eigenvalue weighted by Gasteiger charge is -2.16. The summed E-state index contributed by atoms with van der Waals surface area (Å²) in [6, 6.07) is 7.89. The number of amides is 1. The molecule has 0 fully saturated rings. The van der Waals surface area contributed by atoms with Crippen molar-refractivity contribution in [3.8, 4) is 0 Å². The third-order valence-corrected chi connectivity index (χ3v) is 4.09. The van der Waals surface area contributed by atoms with Gasteiger partial charge in [0.25, 0.3) is 5.91 Å². The highest BCUT2D eigenvalue weighted by Gasteiger charge is 2.26. The Balaban J connectivity index is 1.81. The molecule has 0 bridgehead atoms. The second-order valence-electron chi connectivity index (χ2n) is 5.79. The number of carbonyl (C=O) groups is 1. The van der Waals surface area contributed by atoms with Gasteiger partial charge < -0.3 is 9.84 Å². The second-order valence-corrected chi connectivity index (χ2v) is 5.79. The molecular weight excluding hydrogens is 264 g/mol. The lowest BCUT2D eigenvalue weighted by molar-refractivity contribution is 0.101. The van der Waals surface area contributed by atoms with E-state index < -0.39 is 0 Å². The average molecular weight is 284 g/mol. The molecule has 110 valence electrons. The number of hydrogen-bond donors (Lipinski definition) is 1. The Morgan fingerprint density at radius 2 is 2.33 bits per heavy atom. The molecule has 21 heavy (non-hydrogen) atoms. The molecule has 1 aromatic carbocycles. The van der Waals surface area contributed by atoms with Crippen LogP contribution in [-0.2, 0) is 19.3 Å². The number of hydrogen-bond acceptors (Lipinski definition) is 3. The van der Waals surface area contributed by atoms with Crippen molar-refractivity contribution >= 4 is 11.6 Å². The average Bonchev–Trinajstić information content (AvgIpc) is 2.90. The fraction of sp³-hybridized carbons (Fsp3) is 0.412. The van der Waals surface area contributed by atoms with Crippen LogP contribution < -0.4 is 5.32 Å². The molecule has 2 aromatic rings. The first-order valence-electron chi connectivity index (χ1n) is 7.55. The SMILES string of the molecule is CCc1cccc(NC(=O)c2noc3c2C[C@H](C)CC3)c1. The minimum absolute atomic E-state index is 0.178. The monoisotopic (exact) mass is 284 g/mol. The third kappa shape index (κ3) is 2.84. The highest BCUT2D eigenvalue weighted by atomic mass is 16.5. The Morgan fingerprint density at radius 1 is 1.48 bits per heavy atom. The number of rotatable bonds is 3. The summed E-state index contributed by atoms with van der Waals surface area (Å²) in [6.45, 7) is 4.29. The Hall–Kier alpha value is -2.10. The molecule has 1 atom stereocenters. The van der Waals surface area contributed by atoms with Crippen molar-refractivity contribution in [3.05, 3.63) is 46.8 Å². The Kier molecular flexibility index (Phi) is 3.78. The maximum absolute atomic E-state index is 12.4. The first-order chi connectivity index (χ1) is 10.2. The zero-order valence-electron chi connectivity index (χ0n) is 12.5. The van der Waals surface area contributed by atoms with E-state index in [-0.39, 0.29) is 5.91 Å². The molecule has 0 saturated heterocycles. The standard InChI is InChI=1S/C17H20N2O2/c1-3-12-5-4-6-13(10-12)18-17(20)16-14-9-11(2)7-8-15(14)21-19-16/h4-6,10-11H,3,7-9H2,1-2H3,(H,18,20)/t11-/m1/s1. The lowest BCUT2D eigenvalue weighted by Crippen LogP contribution is -2.18. The molecule has 3 rings (SSSR count). The van der Waals surface area contributed by atoms with Crippen LogP contribution in [0.1, 0.15) is 47.6 Å². The predicted octanol–water partition coefficient (Wildman–Crippen LogP) is 3.61. The van der Waals surface area contributed by atoms with E-state index in [0.29, 0.717) is 11.6 Å². The minimum Gasteiger partial charge on any atom is -0.360 e. The van der Waals surface area contributed by atoms with Crippen molar-refractivity contribution in [2.45, 2.75) is 39.5 Å². The number of aryl methyl sites for hydroxylation is 2. The van der Waals surface area contributed by atoms with E-state index in [9.17, 15) is 4.79 Å². The molecule has 0 unspecified atom stereocenters. The number of aromatic nitrogens is 1. The van der Waals surface area contributed by atoms with Crippen LogP contribution in [0.25, 0.3) is 0 Å². The minimum atomic E-state index is -0.178. The molecule has 1 amide bonds. The normalized spacial score (nSPS) is 17.3. The van der Waals surface area contributed by atoms with E-state index in [1.54, 1.807) is 0 Å². The van der Waals surface area contributed by atoms with Crippen LogP contribution in [0.3, 0.4) is 0 Å². The number of benzene rings is 1. The van der Waals surface area contributed by atoms with Crippen LogP contribution in [0.2, 0.25) is 0 Å². The van der Waals surface area contributed by atoms with Gasteiger partial charge in [0, 0.05) is 17.7 Å². The third-order valence-electron chi connectivity index (χ3n) is 4.09. The van der Waals surface area contributed by atoms with Gasteiger partial charge in [-0.2, -0.15) is 0 Å². The molecule has 1 aliphatic carbocycles. The largest absolute Gasteiger partial charge is 0.360 e. The number of anilines is 1. The fourth-order valence-corrected chi connectivity index (χ4v) is 2.82. The Bertz CT molecular complexity index is 661. The van der Waals surface area contributed by atoms with E-state index in [1.807, 2.05) is 18.2 Å². The van der Waals surface area contributed by atoms with Crippen LogP contribution in [0.4, 0.5) is 5.69 Å². The highest BCUT2D eigenvalue weighted by Crippen LogP contribution is 2.28. The van der Waals surface area contributed by atoms with Gasteiger partial charge in [-0.15, -0.1) is 0 Å². The van der Waals surface area contributed by atoms with Crippen LogP contribution >= 0.6 is 0 Å². The van der Waals surface area contributed by atoms with Gasteiger partial charge in [0.1, 0.15) is 5.76 Å². The van der Waals surface area contributed by atoms with Gasteiger partial charge in [-0.05, 0) is 42.9 Å². The first kappa shape index (κ1) is 13.9. The molecule has 1 heterocycles. The second kappa shape index (κ2) is 5.72. The number of nitrogens with one attached hydrogen (secondary N) is 1. The van der Waals surface area contributed by atoms with E-state index in [4.69, 9.17) is 4.52 Å². The summed E-state index contributed by atoms with van der Waals surface area (Å²) in [5, 5.41) is 6.91. The smallest absolute Gasteiger partial charge is 0.278 e. The number of carbonyl (C=O) groups excluding carboxylic acids is 1. The van der Waals surface area contributed by atoms with Gasteiger partial charge in [0.2, 0.25) is 0 Å². The van der Waals surface area contributed by atoms with E-state index in [2.05, 4.69) is 30.4 Å². The summed E-state index contributed by atoms with van der Waals surface area (Å²) < 4.78 is 5.33. The molecule has 4 nitrogen and oxygen atoms in total. The van der Waals surface area contributed by atoms with Gasteiger partial charge >= 0.3 is 0 Å². The molecule has 0 spiro atoms. The van der Waals surface area contributed by atoms with E-state index >= 15 is 0 Å². The molecule has 0 radical (unpaired) electrons. The molecule has 1 N–H and O–H groups in total. The van der Waals surface area contributed by atoms with Gasteiger partial charge in [0.15, 0.2) is 5.69 Å². The molecule has 4 heteroatoms. The van der Waals surface area contributed by atoms with Crippen LogP contribution in [0, 0.1) is 5.92 Å². The lowest BCUT2D eigenvalue weighted by atomic mass is 9.88. The van der Waals surface area contributed by atoms with Crippen molar-refractivity contribution in [2.75, 3.05) is 5.32 Å². The quantitative estimate of drug-likeness (QED) is 0.936. The van der Waals surface area contributed by atoms with E-state index in [0.717, 1.165) is 42.7 Å². The summed E-state index contributed by atoms with van der Waals surface area (Å²) in [4.78, 5) is 12.4. The molecule has 1 aromatic heterocycles. The topological polar surface area (TPSA) is 55.1 Å². The van der Waals surface area contributed by atoms with Gasteiger partial charge in [-0.25, -0.2) is 0 Å². The summed E-state index contributed by atoms with van der Waals surface area (Å²) in [5.41, 5.74) is 3.43. The predicted molar refractivity (Wildman–Crippen MR) is 81.5 cm³/mol. The molecule has 0 saturated carbocycles. The van der Waals surface area contributed by atoms with Crippen LogP contribution in [0.5, 0.6) is 0 Å². The van der Waals surface area contributed by atoms with Crippen LogP contribution in [-0.4, -0.2) is 11.1 Å². The summed E-state index contributed by atoms with van der Waals surface area (Å²) >= 11 is 0. The molecular formula is C17H20N2O2. The van der Waals surface area contributed by atoms with Gasteiger partial charge in [0.05, 0.1) is 0 Å². The number of nitrogens with zero attached hydrogens (tertiary/aromatic N) is 1.